The molecule has 0 saturated heterocycles. The third kappa shape index (κ3) is 2.50. The molecule has 2 aromatic rings. The molecule has 0 aliphatic heterocycles. The van der Waals surface area contributed by atoms with Gasteiger partial charge in [-0.1, -0.05) is 36.4 Å². The Morgan fingerprint density at radius 1 is 1.21 bits per heavy atom. The minimum Gasteiger partial charge on any atom is -0.466 e. The van der Waals surface area contributed by atoms with Gasteiger partial charge in [-0.15, -0.1) is 0 Å². The van der Waals surface area contributed by atoms with Crippen LogP contribution in [0.25, 0.3) is 10.8 Å². The standard InChI is InChI=1S/C16H16O3/c1-3-19-16(18)11(2)13-9-8-12(10-17)14-6-4-5-7-15(13)14/h4-11H,3H2,1-2H3. The predicted octanol–water partition coefficient (Wildman–Crippen LogP) is 3.32. The molecule has 0 fully saturated rings. The number of esters is 1. The highest BCUT2D eigenvalue weighted by atomic mass is 16.5. The lowest BCUT2D eigenvalue weighted by molar-refractivity contribution is -0.144. The highest BCUT2D eigenvalue weighted by Gasteiger charge is 2.19. The van der Waals surface area contributed by atoms with E-state index in [0.29, 0.717) is 12.2 Å². The summed E-state index contributed by atoms with van der Waals surface area (Å²) in [6, 6.07) is 11.2. The third-order valence-electron chi connectivity index (χ3n) is 3.23. The first-order chi connectivity index (χ1) is 9.19. The van der Waals surface area contributed by atoms with E-state index in [0.717, 1.165) is 22.6 Å². The first-order valence-electron chi connectivity index (χ1n) is 6.32. The second-order valence-corrected chi connectivity index (χ2v) is 4.38. The number of ether oxygens (including phenoxy) is 1. The number of hydrogen-bond acceptors (Lipinski definition) is 3. The Kier molecular flexibility index (Phi) is 3.95. The van der Waals surface area contributed by atoms with Crippen molar-refractivity contribution < 1.29 is 14.3 Å². The fourth-order valence-electron chi connectivity index (χ4n) is 2.22. The average molecular weight is 256 g/mol. The van der Waals surface area contributed by atoms with Gasteiger partial charge in [0.1, 0.15) is 0 Å². The summed E-state index contributed by atoms with van der Waals surface area (Å²) >= 11 is 0. The Bertz CT molecular complexity index is 616. The van der Waals surface area contributed by atoms with Crippen LogP contribution in [0, 0.1) is 0 Å². The Balaban J connectivity index is 2.56. The molecule has 0 spiro atoms. The van der Waals surface area contributed by atoms with Crippen molar-refractivity contribution in [1.82, 2.24) is 0 Å². The van der Waals surface area contributed by atoms with Gasteiger partial charge >= 0.3 is 5.97 Å². The highest BCUT2D eigenvalue weighted by molar-refractivity contribution is 6.01. The van der Waals surface area contributed by atoms with Crippen LogP contribution in [0.4, 0.5) is 0 Å². The van der Waals surface area contributed by atoms with Crippen molar-refractivity contribution in [2.24, 2.45) is 0 Å². The highest BCUT2D eigenvalue weighted by Crippen LogP contribution is 2.28. The minimum atomic E-state index is -0.342. The van der Waals surface area contributed by atoms with Gasteiger partial charge in [0, 0.05) is 5.56 Å². The van der Waals surface area contributed by atoms with Gasteiger partial charge < -0.3 is 4.74 Å². The van der Waals surface area contributed by atoms with Crippen LogP contribution in [0.5, 0.6) is 0 Å². The zero-order valence-electron chi connectivity index (χ0n) is 11.1. The molecule has 2 rings (SSSR count). The Morgan fingerprint density at radius 2 is 1.89 bits per heavy atom. The fraction of sp³-hybridized carbons (Fsp3) is 0.250. The van der Waals surface area contributed by atoms with E-state index in [1.807, 2.05) is 37.3 Å². The molecule has 2 aromatic carbocycles. The lowest BCUT2D eigenvalue weighted by Gasteiger charge is -2.14. The molecule has 0 saturated carbocycles. The van der Waals surface area contributed by atoms with Crippen molar-refractivity contribution >= 4 is 23.0 Å². The predicted molar refractivity (Wildman–Crippen MR) is 74.4 cm³/mol. The molecule has 0 amide bonds. The van der Waals surface area contributed by atoms with Crippen LogP contribution < -0.4 is 0 Å². The molecule has 98 valence electrons. The van der Waals surface area contributed by atoms with Gasteiger partial charge in [-0.25, -0.2) is 0 Å². The quantitative estimate of drug-likeness (QED) is 0.622. The SMILES string of the molecule is CCOC(=O)C(C)c1ccc(C=O)c2ccccc12. The van der Waals surface area contributed by atoms with Crippen LogP contribution in [0.3, 0.4) is 0 Å². The van der Waals surface area contributed by atoms with Crippen molar-refractivity contribution in [3.63, 3.8) is 0 Å². The summed E-state index contributed by atoms with van der Waals surface area (Å²) in [5, 5.41) is 1.79. The molecule has 1 unspecified atom stereocenters. The van der Waals surface area contributed by atoms with Gasteiger partial charge in [0.15, 0.2) is 6.29 Å². The van der Waals surface area contributed by atoms with Gasteiger partial charge in [0.05, 0.1) is 12.5 Å². The molecule has 0 heterocycles. The van der Waals surface area contributed by atoms with Gasteiger partial charge in [-0.2, -0.15) is 0 Å². The molecule has 0 N–H and O–H groups in total. The number of aldehydes is 1. The first kappa shape index (κ1) is 13.3. The van der Waals surface area contributed by atoms with Crippen LogP contribution in [-0.4, -0.2) is 18.9 Å². The monoisotopic (exact) mass is 256 g/mol. The normalized spacial score (nSPS) is 12.1. The average Bonchev–Trinajstić information content (AvgIpc) is 2.45. The van der Waals surface area contributed by atoms with Crippen molar-refractivity contribution in [3.05, 3.63) is 47.5 Å². The van der Waals surface area contributed by atoms with Crippen molar-refractivity contribution in [3.8, 4) is 0 Å². The third-order valence-corrected chi connectivity index (χ3v) is 3.23. The summed E-state index contributed by atoms with van der Waals surface area (Å²) in [5.41, 5.74) is 1.52. The zero-order chi connectivity index (χ0) is 13.8. The maximum absolute atomic E-state index is 11.8. The van der Waals surface area contributed by atoms with Crippen LogP contribution >= 0.6 is 0 Å². The van der Waals surface area contributed by atoms with E-state index in [-0.39, 0.29) is 11.9 Å². The van der Waals surface area contributed by atoms with E-state index in [2.05, 4.69) is 0 Å². The summed E-state index contributed by atoms with van der Waals surface area (Å²) in [4.78, 5) is 22.9. The number of rotatable bonds is 4. The Morgan fingerprint density at radius 3 is 2.53 bits per heavy atom. The summed E-state index contributed by atoms with van der Waals surface area (Å²) in [5.74, 6) is -0.586. The molecular formula is C16H16O3. The molecule has 1 atom stereocenters. The van der Waals surface area contributed by atoms with Crippen molar-refractivity contribution in [2.45, 2.75) is 19.8 Å². The van der Waals surface area contributed by atoms with E-state index in [4.69, 9.17) is 4.74 Å². The maximum Gasteiger partial charge on any atom is 0.313 e. The van der Waals surface area contributed by atoms with E-state index in [1.54, 1.807) is 13.0 Å². The summed E-state index contributed by atoms with van der Waals surface area (Å²) in [6.45, 7) is 3.98. The van der Waals surface area contributed by atoms with Crippen LogP contribution in [0.1, 0.15) is 35.7 Å². The van der Waals surface area contributed by atoms with Crippen LogP contribution in [0.2, 0.25) is 0 Å². The number of carbonyl (C=O) groups excluding carboxylic acids is 2. The molecule has 0 aromatic heterocycles. The second-order valence-electron chi connectivity index (χ2n) is 4.38. The summed E-state index contributed by atoms with van der Waals surface area (Å²) in [7, 11) is 0. The fourth-order valence-corrected chi connectivity index (χ4v) is 2.22. The summed E-state index contributed by atoms with van der Waals surface area (Å²) < 4.78 is 5.06. The topological polar surface area (TPSA) is 43.4 Å². The molecule has 0 aliphatic carbocycles. The van der Waals surface area contributed by atoms with E-state index < -0.39 is 0 Å². The zero-order valence-corrected chi connectivity index (χ0v) is 11.1. The van der Waals surface area contributed by atoms with Crippen molar-refractivity contribution in [1.29, 1.82) is 0 Å². The smallest absolute Gasteiger partial charge is 0.313 e. The van der Waals surface area contributed by atoms with Gasteiger partial charge in [-0.05, 0) is 30.2 Å². The molecule has 0 radical (unpaired) electrons. The molecule has 3 nitrogen and oxygen atoms in total. The Hall–Kier alpha value is -2.16. The molecular weight excluding hydrogens is 240 g/mol. The van der Waals surface area contributed by atoms with Gasteiger partial charge in [0.2, 0.25) is 0 Å². The maximum atomic E-state index is 11.8. The lowest BCUT2D eigenvalue weighted by atomic mass is 9.92. The van der Waals surface area contributed by atoms with Gasteiger partial charge in [0.25, 0.3) is 0 Å². The Labute approximate surface area is 112 Å². The molecule has 0 bridgehead atoms. The lowest BCUT2D eigenvalue weighted by Crippen LogP contribution is -2.13. The number of benzene rings is 2. The minimum absolute atomic E-state index is 0.244. The second kappa shape index (κ2) is 5.65. The number of fused-ring (bicyclic) bond motifs is 1. The molecule has 3 heteroatoms. The largest absolute Gasteiger partial charge is 0.466 e. The molecule has 19 heavy (non-hydrogen) atoms. The summed E-state index contributed by atoms with van der Waals surface area (Å²) in [6.07, 6.45) is 0.834. The van der Waals surface area contributed by atoms with Gasteiger partial charge in [-0.3, -0.25) is 9.59 Å². The number of hydrogen-bond donors (Lipinski definition) is 0. The van der Waals surface area contributed by atoms with E-state index >= 15 is 0 Å². The van der Waals surface area contributed by atoms with Crippen LogP contribution in [0.15, 0.2) is 36.4 Å². The van der Waals surface area contributed by atoms with E-state index in [1.165, 1.54) is 0 Å². The van der Waals surface area contributed by atoms with Crippen LogP contribution in [-0.2, 0) is 9.53 Å². The van der Waals surface area contributed by atoms with Crippen molar-refractivity contribution in [2.75, 3.05) is 6.61 Å². The number of carbonyl (C=O) groups is 2. The first-order valence-corrected chi connectivity index (χ1v) is 6.32. The molecule has 0 aliphatic rings. The van der Waals surface area contributed by atoms with E-state index in [9.17, 15) is 9.59 Å².